The average molecular weight is 334 g/mol. The van der Waals surface area contributed by atoms with Crippen molar-refractivity contribution < 1.29 is 32.6 Å². The van der Waals surface area contributed by atoms with E-state index in [1.54, 1.807) is 13.8 Å². The molecule has 6 nitrogen and oxygen atoms in total. The molecule has 0 spiro atoms. The molecule has 0 saturated carbocycles. The second kappa shape index (κ2) is 7.80. The number of amides is 1. The highest BCUT2D eigenvalue weighted by atomic mass is 19.4. The number of nitrogens with zero attached hydrogens (tertiary/aromatic N) is 2. The molecule has 0 saturated heterocycles. The van der Waals surface area contributed by atoms with Crippen molar-refractivity contribution in [3.05, 3.63) is 23.9 Å². The Morgan fingerprint density at radius 1 is 1.39 bits per heavy atom. The molecule has 1 N–H and O–H groups in total. The molecule has 0 aliphatic rings. The van der Waals surface area contributed by atoms with E-state index in [9.17, 15) is 22.8 Å². The number of alkyl halides is 3. The zero-order valence-electron chi connectivity index (χ0n) is 12.6. The predicted molar refractivity (Wildman–Crippen MR) is 74.2 cm³/mol. The molecular weight excluding hydrogens is 317 g/mol. The molecule has 0 bridgehead atoms. The van der Waals surface area contributed by atoms with Crippen LogP contribution < -0.4 is 4.74 Å². The lowest BCUT2D eigenvalue weighted by Gasteiger charge is -2.26. The van der Waals surface area contributed by atoms with Gasteiger partial charge in [0.05, 0.1) is 5.56 Å². The first-order chi connectivity index (χ1) is 10.6. The summed E-state index contributed by atoms with van der Waals surface area (Å²) in [5.41, 5.74) is 0.0749. The van der Waals surface area contributed by atoms with Gasteiger partial charge >= 0.3 is 12.1 Å². The fraction of sp³-hybridized carbons (Fsp3) is 0.500. The lowest BCUT2D eigenvalue weighted by molar-refractivity contribution is -0.154. The SMILES string of the molecule is CCC(C)N(CC(=O)O)C(=O)c1ccc(OCC(F)(F)F)nc1. The van der Waals surface area contributed by atoms with E-state index < -0.39 is 31.2 Å². The normalized spacial score (nSPS) is 12.6. The summed E-state index contributed by atoms with van der Waals surface area (Å²) in [7, 11) is 0. The van der Waals surface area contributed by atoms with Gasteiger partial charge in [0.25, 0.3) is 5.91 Å². The Morgan fingerprint density at radius 3 is 2.48 bits per heavy atom. The molecule has 128 valence electrons. The summed E-state index contributed by atoms with van der Waals surface area (Å²) in [6, 6.07) is 2.08. The minimum absolute atomic E-state index is 0.0749. The highest BCUT2D eigenvalue weighted by Gasteiger charge is 2.29. The van der Waals surface area contributed by atoms with Crippen LogP contribution in [-0.2, 0) is 4.79 Å². The van der Waals surface area contributed by atoms with E-state index >= 15 is 0 Å². The zero-order valence-corrected chi connectivity index (χ0v) is 12.6. The van der Waals surface area contributed by atoms with Gasteiger partial charge in [-0.2, -0.15) is 13.2 Å². The van der Waals surface area contributed by atoms with Crippen LogP contribution in [0.25, 0.3) is 0 Å². The van der Waals surface area contributed by atoms with Crippen molar-refractivity contribution in [2.75, 3.05) is 13.2 Å². The maximum absolute atomic E-state index is 12.3. The van der Waals surface area contributed by atoms with E-state index in [0.717, 1.165) is 17.2 Å². The zero-order chi connectivity index (χ0) is 17.6. The summed E-state index contributed by atoms with van der Waals surface area (Å²) >= 11 is 0. The number of carboxylic acids is 1. The summed E-state index contributed by atoms with van der Waals surface area (Å²) in [6.07, 6.45) is -2.87. The van der Waals surface area contributed by atoms with Crippen molar-refractivity contribution in [3.63, 3.8) is 0 Å². The quantitative estimate of drug-likeness (QED) is 0.828. The van der Waals surface area contributed by atoms with Crippen LogP contribution in [0.5, 0.6) is 5.88 Å². The number of aromatic nitrogens is 1. The number of ether oxygens (including phenoxy) is 1. The van der Waals surface area contributed by atoms with Gasteiger partial charge in [0.1, 0.15) is 6.54 Å². The van der Waals surface area contributed by atoms with Crippen molar-refractivity contribution in [2.24, 2.45) is 0 Å². The molecule has 1 aromatic heterocycles. The Balaban J connectivity index is 2.83. The Bertz CT molecular complexity index is 546. The summed E-state index contributed by atoms with van der Waals surface area (Å²) in [5.74, 6) is -1.99. The van der Waals surface area contributed by atoms with Crippen molar-refractivity contribution in [1.82, 2.24) is 9.88 Å². The largest absolute Gasteiger partial charge is 0.480 e. The van der Waals surface area contributed by atoms with Crippen molar-refractivity contribution in [3.8, 4) is 5.88 Å². The van der Waals surface area contributed by atoms with Gasteiger partial charge in [-0.05, 0) is 19.4 Å². The molecule has 0 radical (unpaired) electrons. The molecule has 1 rings (SSSR count). The molecule has 1 unspecified atom stereocenters. The van der Waals surface area contributed by atoms with Crippen molar-refractivity contribution >= 4 is 11.9 Å². The number of halogens is 3. The lowest BCUT2D eigenvalue weighted by Crippen LogP contribution is -2.41. The number of aliphatic carboxylic acids is 1. The number of pyridine rings is 1. The standard InChI is InChI=1S/C14H17F3N2O4/c1-3-9(2)19(7-12(20)21)13(22)10-4-5-11(18-6-10)23-8-14(15,16)17/h4-6,9H,3,7-8H2,1-2H3,(H,20,21). The van der Waals surface area contributed by atoms with Crippen molar-refractivity contribution in [1.29, 1.82) is 0 Å². The summed E-state index contributed by atoms with van der Waals surface area (Å²) in [5, 5.41) is 8.88. The summed E-state index contributed by atoms with van der Waals surface area (Å²) < 4.78 is 40.5. The number of carbonyl (C=O) groups is 2. The molecule has 0 aliphatic heterocycles. The van der Waals surface area contributed by atoms with Gasteiger partial charge in [-0.1, -0.05) is 6.92 Å². The monoisotopic (exact) mass is 334 g/mol. The highest BCUT2D eigenvalue weighted by Crippen LogP contribution is 2.18. The fourth-order valence-corrected chi connectivity index (χ4v) is 1.71. The van der Waals surface area contributed by atoms with Crippen LogP contribution in [0.4, 0.5) is 13.2 Å². The molecule has 1 atom stereocenters. The summed E-state index contributed by atoms with van der Waals surface area (Å²) in [4.78, 5) is 28.0. The first-order valence-corrected chi connectivity index (χ1v) is 6.82. The second-order valence-electron chi connectivity index (χ2n) is 4.87. The molecule has 0 aliphatic carbocycles. The lowest BCUT2D eigenvalue weighted by atomic mass is 10.1. The first kappa shape index (κ1) is 18.7. The van der Waals surface area contributed by atoms with Crippen LogP contribution in [-0.4, -0.2) is 52.2 Å². The molecule has 9 heteroatoms. The van der Waals surface area contributed by atoms with E-state index in [1.165, 1.54) is 6.07 Å². The molecule has 1 amide bonds. The van der Waals surface area contributed by atoms with Crippen molar-refractivity contribution in [2.45, 2.75) is 32.5 Å². The van der Waals surface area contributed by atoms with Gasteiger partial charge < -0.3 is 14.7 Å². The van der Waals surface area contributed by atoms with E-state index in [0.29, 0.717) is 6.42 Å². The molecule has 1 heterocycles. The average Bonchev–Trinajstić information content (AvgIpc) is 2.49. The number of carboxylic acid groups (broad SMARTS) is 1. The van der Waals surface area contributed by atoms with Gasteiger partial charge in [-0.15, -0.1) is 0 Å². The van der Waals surface area contributed by atoms with Gasteiger partial charge in [0, 0.05) is 18.3 Å². The third-order valence-corrected chi connectivity index (χ3v) is 3.06. The molecule has 0 fully saturated rings. The Labute approximate surface area is 130 Å². The van der Waals surface area contributed by atoms with Gasteiger partial charge in [-0.3, -0.25) is 9.59 Å². The number of carbonyl (C=O) groups excluding carboxylic acids is 1. The van der Waals surface area contributed by atoms with E-state index in [2.05, 4.69) is 9.72 Å². The Morgan fingerprint density at radius 2 is 2.04 bits per heavy atom. The molecule has 1 aromatic rings. The van der Waals surface area contributed by atoms with Crippen LogP contribution in [0, 0.1) is 0 Å². The third-order valence-electron chi connectivity index (χ3n) is 3.06. The fourth-order valence-electron chi connectivity index (χ4n) is 1.71. The Kier molecular flexibility index (Phi) is 6.35. The maximum Gasteiger partial charge on any atom is 0.422 e. The van der Waals surface area contributed by atoms with E-state index in [-0.39, 0.29) is 17.5 Å². The number of hydrogen-bond acceptors (Lipinski definition) is 4. The number of rotatable bonds is 7. The topological polar surface area (TPSA) is 79.7 Å². The van der Waals surface area contributed by atoms with Gasteiger partial charge in [0.2, 0.25) is 5.88 Å². The van der Waals surface area contributed by atoms with Gasteiger partial charge in [0.15, 0.2) is 6.61 Å². The Hall–Kier alpha value is -2.32. The number of hydrogen-bond donors (Lipinski definition) is 1. The third kappa shape index (κ3) is 6.13. The van der Waals surface area contributed by atoms with Crippen LogP contribution in [0.1, 0.15) is 30.6 Å². The second-order valence-corrected chi connectivity index (χ2v) is 4.87. The molecule has 23 heavy (non-hydrogen) atoms. The van der Waals surface area contributed by atoms with Crippen LogP contribution in [0.15, 0.2) is 18.3 Å². The maximum atomic E-state index is 12.3. The predicted octanol–water partition coefficient (Wildman–Crippen LogP) is 2.35. The highest BCUT2D eigenvalue weighted by molar-refractivity contribution is 5.95. The van der Waals surface area contributed by atoms with Crippen LogP contribution in [0.3, 0.4) is 0 Å². The minimum atomic E-state index is -4.48. The van der Waals surface area contributed by atoms with Crippen LogP contribution in [0.2, 0.25) is 0 Å². The van der Waals surface area contributed by atoms with E-state index in [4.69, 9.17) is 5.11 Å². The van der Waals surface area contributed by atoms with E-state index in [1.807, 2.05) is 0 Å². The smallest absolute Gasteiger partial charge is 0.422 e. The minimum Gasteiger partial charge on any atom is -0.480 e. The first-order valence-electron chi connectivity index (χ1n) is 6.82. The van der Waals surface area contributed by atoms with Gasteiger partial charge in [-0.25, -0.2) is 4.98 Å². The summed E-state index contributed by atoms with van der Waals surface area (Å²) in [6.45, 7) is 1.56. The molecular formula is C14H17F3N2O4. The van der Waals surface area contributed by atoms with Crippen LogP contribution >= 0.6 is 0 Å². The molecule has 0 aromatic carbocycles.